The van der Waals surface area contributed by atoms with Crippen molar-refractivity contribution in [3.05, 3.63) is 29.6 Å². The molecule has 0 amide bonds. The molecule has 0 aliphatic rings. The van der Waals surface area contributed by atoms with Crippen molar-refractivity contribution in [1.29, 1.82) is 0 Å². The van der Waals surface area contributed by atoms with E-state index in [9.17, 15) is 9.18 Å². The van der Waals surface area contributed by atoms with E-state index in [0.29, 0.717) is 11.3 Å². The normalized spacial score (nSPS) is 9.80. The monoisotopic (exact) mass is 212 g/mol. The number of benzene rings is 1. The van der Waals surface area contributed by atoms with Gasteiger partial charge in [0.1, 0.15) is 11.6 Å². The van der Waals surface area contributed by atoms with Gasteiger partial charge in [-0.15, -0.1) is 0 Å². The zero-order valence-electron chi connectivity index (χ0n) is 8.75. The molecule has 15 heavy (non-hydrogen) atoms. The Morgan fingerprint density at radius 2 is 2.13 bits per heavy atom. The Bertz CT molecular complexity index is 350. The molecule has 0 heterocycles. The molecule has 0 aromatic heterocycles. The van der Waals surface area contributed by atoms with Gasteiger partial charge >= 0.3 is 5.97 Å². The Hall–Kier alpha value is -1.58. The first kappa shape index (κ1) is 11.5. The van der Waals surface area contributed by atoms with Gasteiger partial charge in [-0.05, 0) is 18.6 Å². The van der Waals surface area contributed by atoms with Crippen LogP contribution in [0.2, 0.25) is 0 Å². The van der Waals surface area contributed by atoms with E-state index in [1.807, 2.05) is 0 Å². The Morgan fingerprint density at radius 3 is 2.73 bits per heavy atom. The smallest absolute Gasteiger partial charge is 0.305 e. The molecule has 0 atom stereocenters. The van der Waals surface area contributed by atoms with Gasteiger partial charge in [-0.1, -0.05) is 6.07 Å². The van der Waals surface area contributed by atoms with Gasteiger partial charge in [-0.3, -0.25) is 4.79 Å². The summed E-state index contributed by atoms with van der Waals surface area (Å²) in [4.78, 5) is 10.9. The molecule has 0 saturated carbocycles. The predicted octanol–water partition coefficient (Wildman–Crippen LogP) is 1.94. The number of esters is 1. The summed E-state index contributed by atoms with van der Waals surface area (Å²) in [6.07, 6.45) is 0.427. The van der Waals surface area contributed by atoms with Crippen molar-refractivity contribution in [3.63, 3.8) is 0 Å². The number of hydrogen-bond acceptors (Lipinski definition) is 3. The first-order valence-corrected chi connectivity index (χ1v) is 4.57. The van der Waals surface area contributed by atoms with Gasteiger partial charge in [-0.25, -0.2) is 4.39 Å². The van der Waals surface area contributed by atoms with Crippen LogP contribution in [0.3, 0.4) is 0 Å². The minimum atomic E-state index is -0.363. The average Bonchev–Trinajstić information content (AvgIpc) is 2.26. The molecule has 0 spiro atoms. The average molecular weight is 212 g/mol. The summed E-state index contributed by atoms with van der Waals surface area (Å²) in [7, 11) is 2.78. The molecule has 0 saturated heterocycles. The number of ether oxygens (including phenoxy) is 2. The predicted molar refractivity (Wildman–Crippen MR) is 53.3 cm³/mol. The van der Waals surface area contributed by atoms with E-state index in [4.69, 9.17) is 4.74 Å². The summed E-state index contributed by atoms with van der Waals surface area (Å²) in [6.45, 7) is 0. The van der Waals surface area contributed by atoms with Crippen LogP contribution in [-0.2, 0) is 16.0 Å². The molecule has 3 nitrogen and oxygen atoms in total. The summed E-state index contributed by atoms with van der Waals surface area (Å²) in [5, 5.41) is 0. The van der Waals surface area contributed by atoms with Gasteiger partial charge in [0.15, 0.2) is 0 Å². The van der Waals surface area contributed by atoms with Crippen molar-refractivity contribution >= 4 is 5.97 Å². The fourth-order valence-electron chi connectivity index (χ4n) is 1.30. The third-order valence-electron chi connectivity index (χ3n) is 2.10. The highest BCUT2D eigenvalue weighted by atomic mass is 19.1. The standard InChI is InChI=1S/C11H13FO3/c1-14-10-5-3-4-9(12)8(10)6-7-11(13)15-2/h3-5H,6-7H2,1-2H3. The van der Waals surface area contributed by atoms with Gasteiger partial charge in [0.05, 0.1) is 14.2 Å². The van der Waals surface area contributed by atoms with Crippen molar-refractivity contribution in [2.24, 2.45) is 0 Å². The largest absolute Gasteiger partial charge is 0.496 e. The Balaban J connectivity index is 2.78. The van der Waals surface area contributed by atoms with Crippen molar-refractivity contribution in [2.75, 3.05) is 14.2 Å². The quantitative estimate of drug-likeness (QED) is 0.715. The van der Waals surface area contributed by atoms with Crippen LogP contribution in [0.15, 0.2) is 18.2 Å². The van der Waals surface area contributed by atoms with Crippen LogP contribution in [0.25, 0.3) is 0 Å². The zero-order valence-corrected chi connectivity index (χ0v) is 8.75. The van der Waals surface area contributed by atoms with Crippen molar-refractivity contribution in [3.8, 4) is 5.75 Å². The number of carbonyl (C=O) groups is 1. The highest BCUT2D eigenvalue weighted by Gasteiger charge is 2.10. The van der Waals surface area contributed by atoms with Crippen molar-refractivity contribution in [1.82, 2.24) is 0 Å². The lowest BCUT2D eigenvalue weighted by atomic mass is 10.1. The van der Waals surface area contributed by atoms with Crippen LogP contribution >= 0.6 is 0 Å². The van der Waals surface area contributed by atoms with E-state index >= 15 is 0 Å². The van der Waals surface area contributed by atoms with E-state index < -0.39 is 0 Å². The van der Waals surface area contributed by atoms with Crippen LogP contribution in [0.5, 0.6) is 5.75 Å². The number of rotatable bonds is 4. The molecule has 0 radical (unpaired) electrons. The second-order valence-electron chi connectivity index (χ2n) is 3.00. The summed E-state index contributed by atoms with van der Waals surface area (Å²) in [5.74, 6) is -0.266. The summed E-state index contributed by atoms with van der Waals surface area (Å²) in [5.41, 5.74) is 0.408. The van der Waals surface area contributed by atoms with Gasteiger partial charge in [0.2, 0.25) is 0 Å². The molecule has 4 heteroatoms. The Morgan fingerprint density at radius 1 is 1.40 bits per heavy atom. The van der Waals surface area contributed by atoms with Crippen LogP contribution in [0.4, 0.5) is 4.39 Å². The number of hydrogen-bond donors (Lipinski definition) is 0. The van der Waals surface area contributed by atoms with E-state index in [0.717, 1.165) is 0 Å². The second-order valence-corrected chi connectivity index (χ2v) is 3.00. The van der Waals surface area contributed by atoms with Gasteiger partial charge in [0, 0.05) is 12.0 Å². The fourth-order valence-corrected chi connectivity index (χ4v) is 1.30. The Labute approximate surface area is 87.8 Å². The number of methoxy groups -OCH3 is 2. The minimum Gasteiger partial charge on any atom is -0.496 e. The van der Waals surface area contributed by atoms with E-state index in [2.05, 4.69) is 4.74 Å². The van der Waals surface area contributed by atoms with E-state index in [-0.39, 0.29) is 24.6 Å². The molecule has 0 aliphatic heterocycles. The third-order valence-corrected chi connectivity index (χ3v) is 2.10. The van der Waals surface area contributed by atoms with Gasteiger partial charge in [-0.2, -0.15) is 0 Å². The molecule has 0 bridgehead atoms. The summed E-state index contributed by atoms with van der Waals surface area (Å²) >= 11 is 0. The molecule has 0 fully saturated rings. The lowest BCUT2D eigenvalue weighted by Crippen LogP contribution is -2.04. The number of halogens is 1. The number of carbonyl (C=O) groups excluding carboxylic acids is 1. The first-order chi connectivity index (χ1) is 7.19. The van der Waals surface area contributed by atoms with Gasteiger partial charge in [0.25, 0.3) is 0 Å². The van der Waals surface area contributed by atoms with Crippen LogP contribution in [-0.4, -0.2) is 20.2 Å². The highest BCUT2D eigenvalue weighted by molar-refractivity contribution is 5.69. The first-order valence-electron chi connectivity index (χ1n) is 4.57. The molecule has 0 aliphatic carbocycles. The van der Waals surface area contributed by atoms with Crippen molar-refractivity contribution < 1.29 is 18.7 Å². The minimum absolute atomic E-state index is 0.147. The molecule has 0 unspecified atom stereocenters. The second kappa shape index (κ2) is 5.34. The molecular weight excluding hydrogens is 199 g/mol. The SMILES string of the molecule is COC(=O)CCc1c(F)cccc1OC. The lowest BCUT2D eigenvalue weighted by molar-refractivity contribution is -0.140. The van der Waals surface area contributed by atoms with Crippen LogP contribution in [0.1, 0.15) is 12.0 Å². The molecular formula is C11H13FO3. The third kappa shape index (κ3) is 2.94. The molecule has 1 rings (SSSR count). The zero-order chi connectivity index (χ0) is 11.3. The molecule has 82 valence electrons. The van der Waals surface area contributed by atoms with Crippen LogP contribution < -0.4 is 4.74 Å². The van der Waals surface area contributed by atoms with Crippen molar-refractivity contribution in [2.45, 2.75) is 12.8 Å². The topological polar surface area (TPSA) is 35.5 Å². The van der Waals surface area contributed by atoms with E-state index in [1.165, 1.54) is 20.3 Å². The summed E-state index contributed by atoms with van der Waals surface area (Å²) < 4.78 is 22.8. The fraction of sp³-hybridized carbons (Fsp3) is 0.364. The Kier molecular flexibility index (Phi) is 4.09. The molecule has 0 N–H and O–H groups in total. The maximum atomic E-state index is 13.4. The highest BCUT2D eigenvalue weighted by Crippen LogP contribution is 2.22. The van der Waals surface area contributed by atoms with Crippen LogP contribution in [0, 0.1) is 5.82 Å². The maximum Gasteiger partial charge on any atom is 0.305 e. The maximum absolute atomic E-state index is 13.4. The molecule has 1 aromatic rings. The molecule has 1 aromatic carbocycles. The summed E-state index contributed by atoms with van der Waals surface area (Å²) in [6, 6.07) is 4.57. The van der Waals surface area contributed by atoms with E-state index in [1.54, 1.807) is 12.1 Å². The lowest BCUT2D eigenvalue weighted by Gasteiger charge is -2.08. The van der Waals surface area contributed by atoms with Gasteiger partial charge < -0.3 is 9.47 Å².